The molecule has 0 radical (unpaired) electrons. The number of para-hydroxylation sites is 1. The summed E-state index contributed by atoms with van der Waals surface area (Å²) < 4.78 is 34.7. The van der Waals surface area contributed by atoms with Gasteiger partial charge in [-0.05, 0) is 12.5 Å². The van der Waals surface area contributed by atoms with Gasteiger partial charge in [-0.2, -0.15) is 0 Å². The Morgan fingerprint density at radius 3 is 3.18 bits per heavy atom. The van der Waals surface area contributed by atoms with Gasteiger partial charge >= 0.3 is 0 Å². The summed E-state index contributed by atoms with van der Waals surface area (Å²) in [5, 5.41) is 1.11. The van der Waals surface area contributed by atoms with E-state index in [0.717, 1.165) is 28.7 Å². The maximum absolute atomic E-state index is 7.32. The van der Waals surface area contributed by atoms with Crippen molar-refractivity contribution in [2.75, 3.05) is 14.1 Å². The summed E-state index contributed by atoms with van der Waals surface area (Å²) in [7, 11) is -0.728. The first-order valence-corrected chi connectivity index (χ1v) is 5.78. The Labute approximate surface area is 105 Å². The first-order chi connectivity index (χ1) is 9.51. The van der Waals surface area contributed by atoms with Crippen LogP contribution in [0, 0.1) is 0 Å². The molecular formula is C14H17NO2. The third-order valence-electron chi connectivity index (χ3n) is 3.47. The minimum absolute atomic E-state index is 0.389. The molecule has 1 atom stereocenters. The van der Waals surface area contributed by atoms with E-state index in [2.05, 4.69) is 10.6 Å². The van der Waals surface area contributed by atoms with Crippen molar-refractivity contribution < 1.29 is 13.6 Å². The van der Waals surface area contributed by atoms with Gasteiger partial charge in [0, 0.05) is 37.2 Å². The molecule has 1 aromatic carbocycles. The Morgan fingerprint density at radius 1 is 1.47 bits per heavy atom. The van der Waals surface area contributed by atoms with Gasteiger partial charge in [-0.15, -0.1) is 0 Å². The molecule has 1 unspecified atom stereocenters. The van der Waals surface area contributed by atoms with Gasteiger partial charge in [0.15, 0.2) is 0 Å². The summed E-state index contributed by atoms with van der Waals surface area (Å²) in [6, 6.07) is 8.07. The third-order valence-corrected chi connectivity index (χ3v) is 3.47. The SMILES string of the molecule is [2H]C([2H])([2H])OC1CCn2c1c(COC)c1ccccc12. The lowest BCUT2D eigenvalue weighted by atomic mass is 10.1. The van der Waals surface area contributed by atoms with E-state index in [-0.39, 0.29) is 6.10 Å². The summed E-state index contributed by atoms with van der Waals surface area (Å²) in [5.41, 5.74) is 3.10. The number of fused-ring (bicyclic) bond motifs is 3. The molecule has 0 spiro atoms. The second kappa shape index (κ2) is 4.17. The van der Waals surface area contributed by atoms with Crippen molar-refractivity contribution in [3.05, 3.63) is 35.5 Å². The van der Waals surface area contributed by atoms with Crippen LogP contribution in [0.2, 0.25) is 0 Å². The predicted octanol–water partition coefficient (Wildman–Crippen LogP) is 2.88. The Balaban J connectivity index is 2.12. The lowest BCUT2D eigenvalue weighted by molar-refractivity contribution is 0.102. The maximum Gasteiger partial charge on any atom is 0.0991 e. The molecule has 0 saturated heterocycles. The minimum Gasteiger partial charge on any atom is -0.380 e. The summed E-state index contributed by atoms with van der Waals surface area (Å²) >= 11 is 0. The number of hydrogen-bond acceptors (Lipinski definition) is 2. The van der Waals surface area contributed by atoms with E-state index < -0.39 is 7.04 Å². The van der Waals surface area contributed by atoms with Crippen LogP contribution < -0.4 is 0 Å². The van der Waals surface area contributed by atoms with Crippen LogP contribution in [0.3, 0.4) is 0 Å². The van der Waals surface area contributed by atoms with Gasteiger partial charge in [0.2, 0.25) is 0 Å². The molecule has 1 aliphatic rings. The molecule has 90 valence electrons. The number of methoxy groups -OCH3 is 2. The predicted molar refractivity (Wildman–Crippen MR) is 67.0 cm³/mol. The number of rotatable bonds is 3. The van der Waals surface area contributed by atoms with Crippen molar-refractivity contribution in [1.29, 1.82) is 0 Å². The molecule has 3 heteroatoms. The zero-order valence-corrected chi connectivity index (χ0v) is 9.77. The number of hydrogen-bond donors (Lipinski definition) is 0. The molecule has 0 aliphatic carbocycles. The molecule has 0 fully saturated rings. The van der Waals surface area contributed by atoms with Crippen LogP contribution in [0.1, 0.15) is 27.9 Å². The smallest absolute Gasteiger partial charge is 0.0991 e. The fourth-order valence-corrected chi connectivity index (χ4v) is 2.80. The van der Waals surface area contributed by atoms with Crippen LogP contribution >= 0.6 is 0 Å². The summed E-state index contributed by atoms with van der Waals surface area (Å²) in [6.07, 6.45) is 0.301. The highest BCUT2D eigenvalue weighted by Crippen LogP contribution is 2.38. The average Bonchev–Trinajstić information content (AvgIpc) is 2.90. The van der Waals surface area contributed by atoms with E-state index in [1.54, 1.807) is 7.11 Å². The average molecular weight is 234 g/mol. The number of aryl methyl sites for hydroxylation is 1. The van der Waals surface area contributed by atoms with Crippen LogP contribution in [-0.2, 0) is 22.6 Å². The van der Waals surface area contributed by atoms with Gasteiger partial charge in [-0.3, -0.25) is 0 Å². The normalized spacial score (nSPS) is 22.2. The van der Waals surface area contributed by atoms with Crippen LogP contribution in [-0.4, -0.2) is 18.7 Å². The first-order valence-electron chi connectivity index (χ1n) is 7.28. The van der Waals surface area contributed by atoms with E-state index in [9.17, 15) is 0 Å². The number of nitrogens with zero attached hydrogens (tertiary/aromatic N) is 1. The second-order valence-corrected chi connectivity index (χ2v) is 4.36. The van der Waals surface area contributed by atoms with Gasteiger partial charge in [0.25, 0.3) is 0 Å². The highest BCUT2D eigenvalue weighted by atomic mass is 16.5. The number of benzene rings is 1. The molecular weight excluding hydrogens is 214 g/mol. The Morgan fingerprint density at radius 2 is 2.35 bits per heavy atom. The van der Waals surface area contributed by atoms with Gasteiger partial charge in [0.1, 0.15) is 0 Å². The highest BCUT2D eigenvalue weighted by Gasteiger charge is 2.28. The zero-order valence-electron chi connectivity index (χ0n) is 12.8. The molecule has 0 saturated carbocycles. The van der Waals surface area contributed by atoms with Gasteiger partial charge in [0.05, 0.1) is 22.5 Å². The highest BCUT2D eigenvalue weighted by molar-refractivity contribution is 5.86. The summed E-state index contributed by atoms with van der Waals surface area (Å²) in [6.45, 7) is 1.24. The molecule has 1 aromatic heterocycles. The quantitative estimate of drug-likeness (QED) is 0.815. The second-order valence-electron chi connectivity index (χ2n) is 4.36. The van der Waals surface area contributed by atoms with E-state index >= 15 is 0 Å². The third kappa shape index (κ3) is 1.50. The van der Waals surface area contributed by atoms with Crippen molar-refractivity contribution in [3.8, 4) is 0 Å². The van der Waals surface area contributed by atoms with Crippen LogP contribution in [0.25, 0.3) is 10.9 Å². The Bertz CT molecular complexity index is 633. The van der Waals surface area contributed by atoms with Crippen LogP contribution in [0.5, 0.6) is 0 Å². The lowest BCUT2D eigenvalue weighted by Gasteiger charge is -2.10. The Hall–Kier alpha value is -1.32. The first kappa shape index (κ1) is 7.90. The minimum atomic E-state index is -2.37. The van der Waals surface area contributed by atoms with Gasteiger partial charge < -0.3 is 14.0 Å². The molecule has 2 heterocycles. The fourth-order valence-electron chi connectivity index (χ4n) is 2.80. The van der Waals surface area contributed by atoms with E-state index in [1.165, 1.54) is 0 Å². The molecule has 0 bridgehead atoms. The summed E-state index contributed by atoms with van der Waals surface area (Å²) in [4.78, 5) is 0. The van der Waals surface area contributed by atoms with Crippen molar-refractivity contribution in [2.45, 2.75) is 25.7 Å². The van der Waals surface area contributed by atoms with Crippen molar-refractivity contribution >= 4 is 10.9 Å². The monoisotopic (exact) mass is 234 g/mol. The molecule has 17 heavy (non-hydrogen) atoms. The number of aromatic nitrogens is 1. The van der Waals surface area contributed by atoms with Crippen molar-refractivity contribution in [2.24, 2.45) is 0 Å². The van der Waals surface area contributed by atoms with E-state index in [0.29, 0.717) is 13.0 Å². The lowest BCUT2D eigenvalue weighted by Crippen LogP contribution is -2.01. The standard InChI is InChI=1S/C14H17NO2/c1-16-9-11-10-5-3-4-6-12(10)15-8-7-13(17-2)14(11)15/h3-6,13H,7-9H2,1-2H3/i2D3. The molecule has 0 N–H and O–H groups in total. The zero-order chi connectivity index (χ0) is 14.3. The Kier molecular flexibility index (Phi) is 1.94. The largest absolute Gasteiger partial charge is 0.380 e. The van der Waals surface area contributed by atoms with Gasteiger partial charge in [-0.25, -0.2) is 0 Å². The molecule has 3 nitrogen and oxygen atoms in total. The van der Waals surface area contributed by atoms with Crippen molar-refractivity contribution in [3.63, 3.8) is 0 Å². The van der Waals surface area contributed by atoms with E-state index in [1.807, 2.05) is 18.2 Å². The van der Waals surface area contributed by atoms with Gasteiger partial charge in [-0.1, -0.05) is 18.2 Å². The van der Waals surface area contributed by atoms with Crippen LogP contribution in [0.4, 0.5) is 0 Å². The molecule has 0 amide bonds. The fraction of sp³-hybridized carbons (Fsp3) is 0.429. The molecule has 2 aromatic rings. The van der Waals surface area contributed by atoms with E-state index in [4.69, 9.17) is 13.6 Å². The molecule has 1 aliphatic heterocycles. The summed E-state index contributed by atoms with van der Waals surface area (Å²) in [5.74, 6) is 0. The number of ether oxygens (including phenoxy) is 2. The maximum atomic E-state index is 7.32. The molecule has 3 rings (SSSR count). The van der Waals surface area contributed by atoms with Crippen LogP contribution in [0.15, 0.2) is 24.3 Å². The van der Waals surface area contributed by atoms with Crippen molar-refractivity contribution in [1.82, 2.24) is 4.57 Å². The topological polar surface area (TPSA) is 23.4 Å².